The number of carbonyl (C=O) groups excluding carboxylic acids is 1. The number of carbonyl (C=O) groups is 1. The number of quaternary nitrogens is 1. The predicted molar refractivity (Wildman–Crippen MR) is 61.0 cm³/mol. The second kappa shape index (κ2) is 8.14. The van der Waals surface area contributed by atoms with Crippen LogP contribution < -0.4 is 11.3 Å². The minimum Gasteiger partial charge on any atom is -0.545 e. The highest BCUT2D eigenvalue weighted by molar-refractivity contribution is 5.85. The Labute approximate surface area is 94.2 Å². The summed E-state index contributed by atoms with van der Waals surface area (Å²) >= 11 is 0. The third kappa shape index (κ3) is 5.51. The second-order valence-electron chi connectivity index (χ2n) is 2.68. The molecule has 1 heterocycles. The summed E-state index contributed by atoms with van der Waals surface area (Å²) < 4.78 is 0. The zero-order valence-electron chi connectivity index (χ0n) is 9.04. The van der Waals surface area contributed by atoms with Crippen LogP contribution in [0.2, 0.25) is 0 Å². The van der Waals surface area contributed by atoms with Gasteiger partial charge < -0.3 is 16.1 Å². The van der Waals surface area contributed by atoms with Gasteiger partial charge in [-0.05, 0) is 17.7 Å². The number of carboxylic acid groups (broad SMARTS) is 1. The van der Waals surface area contributed by atoms with Crippen molar-refractivity contribution in [1.29, 1.82) is 0 Å². The van der Waals surface area contributed by atoms with Gasteiger partial charge in [0.25, 0.3) is 0 Å². The van der Waals surface area contributed by atoms with E-state index in [0.29, 0.717) is 0 Å². The number of rotatable bonds is 1. The van der Waals surface area contributed by atoms with Crippen LogP contribution in [0.3, 0.4) is 0 Å². The van der Waals surface area contributed by atoms with Gasteiger partial charge in [0, 0.05) is 12.4 Å². The number of aromatic carboxylic acids is 1. The van der Waals surface area contributed by atoms with Crippen molar-refractivity contribution in [3.8, 4) is 0 Å². The molecule has 0 spiro atoms. The van der Waals surface area contributed by atoms with E-state index >= 15 is 0 Å². The van der Waals surface area contributed by atoms with Gasteiger partial charge in [-0.25, -0.2) is 0 Å². The van der Waals surface area contributed by atoms with E-state index in [-0.39, 0.29) is 11.7 Å². The van der Waals surface area contributed by atoms with E-state index < -0.39 is 5.97 Å². The molecule has 0 saturated heterocycles. The average molecular weight is 218 g/mol. The maximum atomic E-state index is 10.1. The van der Waals surface area contributed by atoms with E-state index in [1.54, 1.807) is 30.6 Å². The molecule has 0 atom stereocenters. The topological polar surface area (TPSA) is 89.5 Å². The molecule has 0 saturated carbocycles. The molecule has 0 radical (unpaired) electrons. The molecule has 4 heteroatoms. The minimum atomic E-state index is -1.13. The van der Waals surface area contributed by atoms with Crippen LogP contribution in [-0.4, -0.2) is 11.0 Å². The molecule has 0 bridgehead atoms. The third-order valence-corrected chi connectivity index (χ3v) is 1.58. The highest BCUT2D eigenvalue weighted by Crippen LogP contribution is 1.94. The fourth-order valence-electron chi connectivity index (χ4n) is 0.887. The van der Waals surface area contributed by atoms with Crippen molar-refractivity contribution in [1.82, 2.24) is 11.1 Å². The van der Waals surface area contributed by atoms with Gasteiger partial charge >= 0.3 is 0 Å². The minimum absolute atomic E-state index is 0. The Morgan fingerprint density at radius 1 is 0.938 bits per heavy atom. The smallest absolute Gasteiger partial charge is 0.0715 e. The first-order chi connectivity index (χ1) is 7.30. The van der Waals surface area contributed by atoms with Gasteiger partial charge in [-0.3, -0.25) is 4.98 Å². The standard InChI is InChI=1S/C7H6O2.C5H5N.H3N/c8-7(9)6-4-2-1-3-5-6;1-2-4-6-5-3-1;/h1-5H,(H,8,9);1-5H;1H3. The lowest BCUT2D eigenvalue weighted by Gasteiger charge is -1.97. The van der Waals surface area contributed by atoms with E-state index in [4.69, 9.17) is 0 Å². The summed E-state index contributed by atoms with van der Waals surface area (Å²) in [5.41, 5.74) is 0.220. The quantitative estimate of drug-likeness (QED) is 0.786. The molecule has 4 nitrogen and oxygen atoms in total. The summed E-state index contributed by atoms with van der Waals surface area (Å²) in [4.78, 5) is 13.9. The molecule has 0 unspecified atom stereocenters. The molecule has 84 valence electrons. The van der Waals surface area contributed by atoms with Crippen LogP contribution in [0.25, 0.3) is 0 Å². The summed E-state index contributed by atoms with van der Waals surface area (Å²) in [6.07, 6.45) is 3.50. The number of nitrogens with zero attached hydrogens (tertiary/aromatic N) is 1. The van der Waals surface area contributed by atoms with Gasteiger partial charge in [0.05, 0.1) is 5.97 Å². The maximum absolute atomic E-state index is 10.1. The molecule has 1 aromatic carbocycles. The Balaban J connectivity index is 0.000000283. The van der Waals surface area contributed by atoms with Gasteiger partial charge in [-0.15, -0.1) is 0 Å². The normalized spacial score (nSPS) is 8.00. The number of hydrogen-bond donors (Lipinski definition) is 1. The number of carboxylic acids is 1. The summed E-state index contributed by atoms with van der Waals surface area (Å²) in [6, 6.07) is 13.8. The van der Waals surface area contributed by atoms with Crippen molar-refractivity contribution >= 4 is 5.97 Å². The van der Waals surface area contributed by atoms with Gasteiger partial charge in [0.2, 0.25) is 0 Å². The number of benzene rings is 1. The van der Waals surface area contributed by atoms with Crippen LogP contribution in [0.15, 0.2) is 60.9 Å². The SMILES string of the molecule is O=C([O-])c1ccccc1.[NH4+].c1ccncc1. The fraction of sp³-hybridized carbons (Fsp3) is 0. The molecule has 0 amide bonds. The lowest BCUT2D eigenvalue weighted by Crippen LogP contribution is -2.21. The molecule has 16 heavy (non-hydrogen) atoms. The number of hydrogen-bond acceptors (Lipinski definition) is 3. The summed E-state index contributed by atoms with van der Waals surface area (Å²) in [7, 11) is 0. The Morgan fingerprint density at radius 3 is 1.69 bits per heavy atom. The summed E-state index contributed by atoms with van der Waals surface area (Å²) in [6.45, 7) is 0. The van der Waals surface area contributed by atoms with Crippen LogP contribution in [0, 0.1) is 0 Å². The molecular weight excluding hydrogens is 204 g/mol. The molecule has 2 aromatic rings. The molecule has 4 N–H and O–H groups in total. The van der Waals surface area contributed by atoms with E-state index in [1.165, 1.54) is 12.1 Å². The van der Waals surface area contributed by atoms with Crippen LogP contribution in [0.4, 0.5) is 0 Å². The zero-order chi connectivity index (χ0) is 10.9. The van der Waals surface area contributed by atoms with E-state index in [9.17, 15) is 9.90 Å². The van der Waals surface area contributed by atoms with Crippen LogP contribution in [0.1, 0.15) is 10.4 Å². The van der Waals surface area contributed by atoms with E-state index in [2.05, 4.69) is 4.98 Å². The number of aromatic nitrogens is 1. The second-order valence-corrected chi connectivity index (χ2v) is 2.68. The van der Waals surface area contributed by atoms with Crippen molar-refractivity contribution in [2.45, 2.75) is 0 Å². The van der Waals surface area contributed by atoms with Crippen molar-refractivity contribution in [2.75, 3.05) is 0 Å². The molecule has 0 aliphatic carbocycles. The first-order valence-electron chi connectivity index (χ1n) is 4.42. The first-order valence-corrected chi connectivity index (χ1v) is 4.42. The number of pyridine rings is 1. The van der Waals surface area contributed by atoms with E-state index in [1.807, 2.05) is 18.2 Å². The molecule has 1 aromatic heterocycles. The lowest BCUT2D eigenvalue weighted by atomic mass is 10.2. The highest BCUT2D eigenvalue weighted by Gasteiger charge is 1.85. The van der Waals surface area contributed by atoms with Crippen LogP contribution >= 0.6 is 0 Å². The van der Waals surface area contributed by atoms with Gasteiger partial charge in [-0.2, -0.15) is 0 Å². The van der Waals surface area contributed by atoms with Crippen molar-refractivity contribution < 1.29 is 9.90 Å². The zero-order valence-corrected chi connectivity index (χ0v) is 9.04. The van der Waals surface area contributed by atoms with Gasteiger partial charge in [-0.1, -0.05) is 36.4 Å². The monoisotopic (exact) mass is 218 g/mol. The summed E-state index contributed by atoms with van der Waals surface area (Å²) in [5.74, 6) is -1.13. The van der Waals surface area contributed by atoms with Gasteiger partial charge in [0.1, 0.15) is 0 Å². The Morgan fingerprint density at radius 2 is 1.44 bits per heavy atom. The Bertz CT molecular complexity index is 364. The third-order valence-electron chi connectivity index (χ3n) is 1.58. The van der Waals surface area contributed by atoms with Crippen LogP contribution in [-0.2, 0) is 0 Å². The highest BCUT2D eigenvalue weighted by atomic mass is 16.4. The molecule has 2 rings (SSSR count). The molecular formula is C12H14N2O2. The van der Waals surface area contributed by atoms with Gasteiger partial charge in [0.15, 0.2) is 0 Å². The van der Waals surface area contributed by atoms with Crippen molar-refractivity contribution in [3.05, 3.63) is 66.5 Å². The molecule has 0 aliphatic heterocycles. The Kier molecular flexibility index (Phi) is 7.02. The van der Waals surface area contributed by atoms with E-state index in [0.717, 1.165) is 0 Å². The van der Waals surface area contributed by atoms with Crippen LogP contribution in [0.5, 0.6) is 0 Å². The molecule has 0 aliphatic rings. The fourth-order valence-corrected chi connectivity index (χ4v) is 0.887. The average Bonchev–Trinajstić information content (AvgIpc) is 2.33. The van der Waals surface area contributed by atoms with Crippen molar-refractivity contribution in [2.24, 2.45) is 0 Å². The predicted octanol–water partition coefficient (Wildman–Crippen LogP) is 1.51. The lowest BCUT2D eigenvalue weighted by molar-refractivity contribution is -0.255. The first kappa shape index (κ1) is 13.8. The maximum Gasteiger partial charge on any atom is 0.0715 e. The summed E-state index contributed by atoms with van der Waals surface area (Å²) in [5, 5.41) is 10.1. The van der Waals surface area contributed by atoms with Crippen molar-refractivity contribution in [3.63, 3.8) is 0 Å². The largest absolute Gasteiger partial charge is 0.545 e. The Hall–Kier alpha value is -2.20. The molecule has 0 fully saturated rings.